The normalized spacial score (nSPS) is 11.9. The van der Waals surface area contributed by atoms with Gasteiger partial charge in [-0.05, 0) is 18.6 Å². The third kappa shape index (κ3) is 4.47. The van der Waals surface area contributed by atoms with E-state index in [1.807, 2.05) is 0 Å². The largest absolute Gasteiger partial charge is 0.385 e. The standard InChI is InChI=1S/C11H14ClN3O4/c1-19-5-4-9(13)11(16)14-7-2-3-10(15(17)18)8(12)6-7/h2-3,6,9H,4-5,13H2,1H3,(H,14,16). The van der Waals surface area contributed by atoms with E-state index in [-0.39, 0.29) is 10.7 Å². The molecule has 8 heteroatoms. The molecule has 0 aromatic heterocycles. The second kappa shape index (κ2) is 7.03. The number of anilines is 1. The van der Waals surface area contributed by atoms with Crippen molar-refractivity contribution in [3.05, 3.63) is 33.3 Å². The Labute approximate surface area is 114 Å². The Morgan fingerprint density at radius 1 is 1.63 bits per heavy atom. The number of carbonyl (C=O) groups excluding carboxylic acids is 1. The summed E-state index contributed by atoms with van der Waals surface area (Å²) in [5.41, 5.74) is 5.77. The smallest absolute Gasteiger partial charge is 0.288 e. The molecule has 7 nitrogen and oxygen atoms in total. The molecule has 0 saturated heterocycles. The zero-order valence-corrected chi connectivity index (χ0v) is 11.0. The molecule has 1 amide bonds. The number of nitrogens with two attached hydrogens (primary N) is 1. The predicted molar refractivity (Wildman–Crippen MR) is 71.2 cm³/mol. The molecule has 0 saturated carbocycles. The van der Waals surface area contributed by atoms with Crippen LogP contribution in [0.5, 0.6) is 0 Å². The molecule has 0 radical (unpaired) electrons. The Morgan fingerprint density at radius 3 is 2.84 bits per heavy atom. The maximum atomic E-state index is 11.7. The van der Waals surface area contributed by atoms with Crippen LogP contribution in [-0.2, 0) is 9.53 Å². The SMILES string of the molecule is COCCC(N)C(=O)Nc1ccc([N+](=O)[O-])c(Cl)c1. The van der Waals surface area contributed by atoms with Crippen LogP contribution >= 0.6 is 11.6 Å². The van der Waals surface area contributed by atoms with Crippen LogP contribution < -0.4 is 11.1 Å². The van der Waals surface area contributed by atoms with Gasteiger partial charge in [-0.15, -0.1) is 0 Å². The van der Waals surface area contributed by atoms with Gasteiger partial charge in [0, 0.05) is 25.5 Å². The molecule has 0 fully saturated rings. The van der Waals surface area contributed by atoms with Crippen molar-refractivity contribution in [2.45, 2.75) is 12.5 Å². The first kappa shape index (κ1) is 15.4. The number of hydrogen-bond donors (Lipinski definition) is 2. The van der Waals surface area contributed by atoms with Crippen LogP contribution in [0.25, 0.3) is 0 Å². The van der Waals surface area contributed by atoms with E-state index < -0.39 is 16.9 Å². The van der Waals surface area contributed by atoms with Crippen molar-refractivity contribution >= 4 is 28.9 Å². The van der Waals surface area contributed by atoms with E-state index in [0.29, 0.717) is 18.7 Å². The van der Waals surface area contributed by atoms with Crippen molar-refractivity contribution in [2.24, 2.45) is 5.73 Å². The second-order valence-electron chi connectivity index (χ2n) is 3.80. The highest BCUT2D eigenvalue weighted by Crippen LogP contribution is 2.27. The monoisotopic (exact) mass is 287 g/mol. The molecule has 1 atom stereocenters. The number of nitro groups is 1. The van der Waals surface area contributed by atoms with Crippen LogP contribution in [0.3, 0.4) is 0 Å². The van der Waals surface area contributed by atoms with Gasteiger partial charge in [0.05, 0.1) is 11.0 Å². The molecule has 1 unspecified atom stereocenters. The fourth-order valence-corrected chi connectivity index (χ4v) is 1.59. The average molecular weight is 288 g/mol. The number of halogens is 1. The van der Waals surface area contributed by atoms with E-state index >= 15 is 0 Å². The number of hydrogen-bond acceptors (Lipinski definition) is 5. The maximum absolute atomic E-state index is 11.7. The minimum atomic E-state index is -0.714. The summed E-state index contributed by atoms with van der Waals surface area (Å²) in [4.78, 5) is 21.7. The highest BCUT2D eigenvalue weighted by molar-refractivity contribution is 6.33. The number of ether oxygens (including phenoxy) is 1. The third-order valence-corrected chi connectivity index (χ3v) is 2.68. The van der Waals surface area contributed by atoms with Gasteiger partial charge in [-0.3, -0.25) is 14.9 Å². The quantitative estimate of drug-likeness (QED) is 0.609. The molecular formula is C11H14ClN3O4. The lowest BCUT2D eigenvalue weighted by Gasteiger charge is -2.11. The average Bonchev–Trinajstić information content (AvgIpc) is 2.35. The van der Waals surface area contributed by atoms with Gasteiger partial charge in [0.2, 0.25) is 5.91 Å². The third-order valence-electron chi connectivity index (χ3n) is 2.38. The summed E-state index contributed by atoms with van der Waals surface area (Å²) in [7, 11) is 1.51. The minimum Gasteiger partial charge on any atom is -0.385 e. The summed E-state index contributed by atoms with van der Waals surface area (Å²) in [6.07, 6.45) is 0.378. The molecule has 1 rings (SSSR count). The van der Waals surface area contributed by atoms with Gasteiger partial charge in [0.15, 0.2) is 0 Å². The Bertz CT molecular complexity index is 481. The highest BCUT2D eigenvalue weighted by atomic mass is 35.5. The van der Waals surface area contributed by atoms with Crippen molar-refractivity contribution in [1.82, 2.24) is 0 Å². The van der Waals surface area contributed by atoms with Crippen LogP contribution in [0.2, 0.25) is 5.02 Å². The summed E-state index contributed by atoms with van der Waals surface area (Å²) >= 11 is 5.73. The Kier molecular flexibility index (Phi) is 5.68. The molecule has 1 aromatic carbocycles. The lowest BCUT2D eigenvalue weighted by atomic mass is 10.2. The van der Waals surface area contributed by atoms with E-state index in [2.05, 4.69) is 5.32 Å². The summed E-state index contributed by atoms with van der Waals surface area (Å²) in [5, 5.41) is 13.1. The van der Waals surface area contributed by atoms with E-state index in [9.17, 15) is 14.9 Å². The first-order valence-electron chi connectivity index (χ1n) is 5.45. The molecule has 1 aromatic rings. The van der Waals surface area contributed by atoms with Gasteiger partial charge < -0.3 is 15.8 Å². The topological polar surface area (TPSA) is 107 Å². The zero-order valence-electron chi connectivity index (χ0n) is 10.3. The van der Waals surface area contributed by atoms with Crippen molar-refractivity contribution in [2.75, 3.05) is 19.0 Å². The van der Waals surface area contributed by atoms with Crippen LogP contribution in [-0.4, -0.2) is 30.6 Å². The summed E-state index contributed by atoms with van der Waals surface area (Å²) < 4.78 is 4.82. The number of methoxy groups -OCH3 is 1. The van der Waals surface area contributed by atoms with E-state index in [0.717, 1.165) is 0 Å². The van der Waals surface area contributed by atoms with Gasteiger partial charge >= 0.3 is 0 Å². The fraction of sp³-hybridized carbons (Fsp3) is 0.364. The lowest BCUT2D eigenvalue weighted by molar-refractivity contribution is -0.384. The second-order valence-corrected chi connectivity index (χ2v) is 4.21. The maximum Gasteiger partial charge on any atom is 0.288 e. The lowest BCUT2D eigenvalue weighted by Crippen LogP contribution is -2.36. The molecule has 19 heavy (non-hydrogen) atoms. The molecule has 0 aliphatic rings. The molecule has 0 aliphatic heterocycles. The minimum absolute atomic E-state index is 0.0479. The first-order valence-corrected chi connectivity index (χ1v) is 5.83. The highest BCUT2D eigenvalue weighted by Gasteiger charge is 2.16. The Hall–Kier alpha value is -1.70. The molecule has 104 valence electrons. The predicted octanol–water partition coefficient (Wildman–Crippen LogP) is 1.55. The van der Waals surface area contributed by atoms with Crippen LogP contribution in [0, 0.1) is 10.1 Å². The zero-order chi connectivity index (χ0) is 14.4. The number of nitro benzene ring substituents is 1. The number of nitrogens with zero attached hydrogens (tertiary/aromatic N) is 1. The van der Waals surface area contributed by atoms with Gasteiger partial charge in [-0.2, -0.15) is 0 Å². The first-order chi connectivity index (χ1) is 8.95. The number of nitrogens with one attached hydrogen (secondary N) is 1. The molecule has 3 N–H and O–H groups in total. The van der Waals surface area contributed by atoms with Crippen molar-refractivity contribution in [1.29, 1.82) is 0 Å². The number of benzene rings is 1. The molecule has 0 bridgehead atoms. The summed E-state index contributed by atoms with van der Waals surface area (Å²) in [6.45, 7) is 0.371. The van der Waals surface area contributed by atoms with Gasteiger partial charge in [0.1, 0.15) is 5.02 Å². The van der Waals surface area contributed by atoms with E-state index in [4.69, 9.17) is 22.1 Å². The summed E-state index contributed by atoms with van der Waals surface area (Å²) in [6, 6.07) is 3.21. The number of rotatable bonds is 6. The van der Waals surface area contributed by atoms with Gasteiger partial charge in [0.25, 0.3) is 5.69 Å². The fourth-order valence-electron chi connectivity index (χ4n) is 1.34. The van der Waals surface area contributed by atoms with Crippen molar-refractivity contribution < 1.29 is 14.5 Å². The van der Waals surface area contributed by atoms with Crippen LogP contribution in [0.1, 0.15) is 6.42 Å². The van der Waals surface area contributed by atoms with Crippen molar-refractivity contribution in [3.63, 3.8) is 0 Å². The van der Waals surface area contributed by atoms with E-state index in [1.54, 1.807) is 0 Å². The molecule has 0 aliphatic carbocycles. The number of carbonyl (C=O) groups is 1. The number of amides is 1. The molecule has 0 heterocycles. The Morgan fingerprint density at radius 2 is 2.32 bits per heavy atom. The Balaban J connectivity index is 2.70. The van der Waals surface area contributed by atoms with Crippen LogP contribution in [0.15, 0.2) is 18.2 Å². The van der Waals surface area contributed by atoms with Crippen molar-refractivity contribution in [3.8, 4) is 0 Å². The molecule has 0 spiro atoms. The van der Waals surface area contributed by atoms with Gasteiger partial charge in [-0.25, -0.2) is 0 Å². The van der Waals surface area contributed by atoms with Gasteiger partial charge in [-0.1, -0.05) is 11.6 Å². The summed E-state index contributed by atoms with van der Waals surface area (Å²) in [5.74, 6) is -0.401. The van der Waals surface area contributed by atoms with Crippen LogP contribution in [0.4, 0.5) is 11.4 Å². The molecular weight excluding hydrogens is 274 g/mol. The van der Waals surface area contributed by atoms with E-state index in [1.165, 1.54) is 25.3 Å².